The van der Waals surface area contributed by atoms with E-state index < -0.39 is 10.0 Å². The van der Waals surface area contributed by atoms with Crippen LogP contribution < -0.4 is 4.72 Å². The summed E-state index contributed by atoms with van der Waals surface area (Å²) in [7, 11) is -3.49. The molecule has 0 saturated heterocycles. The summed E-state index contributed by atoms with van der Waals surface area (Å²) in [5.41, 5.74) is 0.996. The zero-order chi connectivity index (χ0) is 12.3. The van der Waals surface area contributed by atoms with Crippen molar-refractivity contribution in [1.29, 1.82) is 0 Å². The molecule has 88 valence electrons. The smallest absolute Gasteiger partial charge is 0.207 e. The van der Waals surface area contributed by atoms with Crippen molar-refractivity contribution < 1.29 is 8.42 Å². The van der Waals surface area contributed by atoms with Crippen LogP contribution in [0.5, 0.6) is 0 Å². The second kappa shape index (κ2) is 5.44. The summed E-state index contributed by atoms with van der Waals surface area (Å²) in [5.74, 6) is 0. The van der Waals surface area contributed by atoms with Gasteiger partial charge in [-0.1, -0.05) is 28.6 Å². The molecule has 0 atom stereocenters. The van der Waals surface area contributed by atoms with Crippen LogP contribution in [0.1, 0.15) is 5.56 Å². The van der Waals surface area contributed by atoms with Gasteiger partial charge in [0, 0.05) is 15.5 Å². The summed E-state index contributed by atoms with van der Waals surface area (Å²) in [6.07, 6.45) is 0. The molecule has 0 fully saturated rings. The number of halogens is 2. The van der Waals surface area contributed by atoms with Crippen LogP contribution in [0.4, 0.5) is 0 Å². The van der Waals surface area contributed by atoms with Crippen molar-refractivity contribution in [1.82, 2.24) is 4.72 Å². The molecule has 0 aromatic heterocycles. The van der Waals surface area contributed by atoms with Gasteiger partial charge in [-0.15, -0.1) is 0 Å². The third-order valence-electron chi connectivity index (χ3n) is 1.83. The Hall–Kier alpha value is -0.170. The quantitative estimate of drug-likeness (QED) is 0.887. The molecule has 1 N–H and O–H groups in total. The zero-order valence-electron chi connectivity index (χ0n) is 8.63. The van der Waals surface area contributed by atoms with Crippen molar-refractivity contribution in [3.8, 4) is 0 Å². The van der Waals surface area contributed by atoms with E-state index in [1.54, 1.807) is 18.2 Å². The molecule has 0 radical (unpaired) electrons. The van der Waals surface area contributed by atoms with Gasteiger partial charge in [-0.25, -0.2) is 13.1 Å². The molecule has 0 heterocycles. The first kappa shape index (κ1) is 13.9. The molecule has 1 aromatic carbocycles. The van der Waals surface area contributed by atoms with E-state index in [0.29, 0.717) is 8.96 Å². The Morgan fingerprint density at radius 1 is 1.50 bits per heavy atom. The Morgan fingerprint density at radius 2 is 2.12 bits per heavy atom. The summed E-state index contributed by atoms with van der Waals surface area (Å²) >= 11 is 6.33. The van der Waals surface area contributed by atoms with E-state index in [2.05, 4.69) is 43.2 Å². The highest BCUT2D eigenvalue weighted by atomic mass is 79.9. The lowest BCUT2D eigenvalue weighted by molar-refractivity contribution is 0.585. The lowest BCUT2D eigenvalue weighted by atomic mass is 10.2. The monoisotopic (exact) mass is 367 g/mol. The maximum atomic E-state index is 11.9. The van der Waals surface area contributed by atoms with Gasteiger partial charge in [-0.2, -0.15) is 0 Å². The molecule has 0 amide bonds. The predicted octanol–water partition coefficient (Wildman–Crippen LogP) is 2.94. The van der Waals surface area contributed by atoms with E-state index in [1.807, 2.05) is 6.92 Å². The number of hydrogen-bond acceptors (Lipinski definition) is 2. The number of benzene rings is 1. The summed E-state index contributed by atoms with van der Waals surface area (Å²) < 4.78 is 27.3. The fourth-order valence-corrected chi connectivity index (χ4v) is 3.62. The average molecular weight is 369 g/mol. The van der Waals surface area contributed by atoms with Gasteiger partial charge in [0.05, 0.1) is 4.90 Å². The highest BCUT2D eigenvalue weighted by Crippen LogP contribution is 2.22. The average Bonchev–Trinajstić information content (AvgIpc) is 2.14. The van der Waals surface area contributed by atoms with Gasteiger partial charge >= 0.3 is 0 Å². The number of hydrogen-bond donors (Lipinski definition) is 1. The Labute approximate surface area is 112 Å². The normalized spacial score (nSPS) is 11.4. The van der Waals surface area contributed by atoms with E-state index in [9.17, 15) is 8.42 Å². The Bertz CT molecular complexity index is 512. The Morgan fingerprint density at radius 3 is 2.62 bits per heavy atom. The predicted molar refractivity (Wildman–Crippen MR) is 72.1 cm³/mol. The van der Waals surface area contributed by atoms with Crippen LogP contribution in [0.2, 0.25) is 0 Å². The molecule has 0 aliphatic rings. The summed E-state index contributed by atoms with van der Waals surface area (Å²) in [6.45, 7) is 5.63. The lowest BCUT2D eigenvalue weighted by Crippen LogP contribution is -2.25. The zero-order valence-corrected chi connectivity index (χ0v) is 12.6. The molecule has 6 heteroatoms. The Balaban J connectivity index is 3.03. The Kier molecular flexibility index (Phi) is 4.73. The SMILES string of the molecule is C=C(Br)CNS(=O)(=O)c1ccc(C)cc1Br. The standard InChI is InChI=1S/C10H11Br2NO2S/c1-7-3-4-10(9(12)5-7)16(14,15)13-6-8(2)11/h3-5,13H,2,6H2,1H3. The third-order valence-corrected chi connectivity index (χ3v) is 4.49. The van der Waals surface area contributed by atoms with Crippen molar-refractivity contribution in [3.05, 3.63) is 39.3 Å². The van der Waals surface area contributed by atoms with Gasteiger partial charge in [0.2, 0.25) is 10.0 Å². The maximum absolute atomic E-state index is 11.9. The lowest BCUT2D eigenvalue weighted by Gasteiger charge is -2.08. The fraction of sp³-hybridized carbons (Fsp3) is 0.200. The topological polar surface area (TPSA) is 46.2 Å². The first-order valence-corrected chi connectivity index (χ1v) is 7.49. The number of nitrogens with one attached hydrogen (secondary N) is 1. The van der Waals surface area contributed by atoms with E-state index in [4.69, 9.17) is 0 Å². The van der Waals surface area contributed by atoms with E-state index in [0.717, 1.165) is 5.56 Å². The fourth-order valence-electron chi connectivity index (χ4n) is 1.07. The highest BCUT2D eigenvalue weighted by Gasteiger charge is 2.16. The third kappa shape index (κ3) is 3.69. The van der Waals surface area contributed by atoms with Gasteiger partial charge < -0.3 is 0 Å². The summed E-state index contributed by atoms with van der Waals surface area (Å²) in [5, 5.41) is 0. The molecular formula is C10H11Br2NO2S. The van der Waals surface area contributed by atoms with Crippen LogP contribution in [-0.4, -0.2) is 15.0 Å². The van der Waals surface area contributed by atoms with Crippen LogP contribution in [0.25, 0.3) is 0 Å². The first-order chi connectivity index (χ1) is 7.33. The molecule has 0 saturated carbocycles. The van der Waals surface area contributed by atoms with Crippen molar-refractivity contribution in [3.63, 3.8) is 0 Å². The summed E-state index contributed by atoms with van der Waals surface area (Å²) in [6, 6.07) is 5.08. The minimum Gasteiger partial charge on any atom is -0.207 e. The largest absolute Gasteiger partial charge is 0.242 e. The van der Waals surface area contributed by atoms with Gasteiger partial charge in [0.25, 0.3) is 0 Å². The molecule has 0 aliphatic carbocycles. The second-order valence-corrected chi connectivity index (χ2v) is 6.99. The second-order valence-electron chi connectivity index (χ2n) is 3.28. The maximum Gasteiger partial charge on any atom is 0.242 e. The van der Waals surface area contributed by atoms with Crippen LogP contribution in [0, 0.1) is 6.92 Å². The van der Waals surface area contributed by atoms with Crippen LogP contribution >= 0.6 is 31.9 Å². The highest BCUT2D eigenvalue weighted by molar-refractivity contribution is 9.11. The molecule has 1 aromatic rings. The van der Waals surface area contributed by atoms with E-state index in [1.165, 1.54) is 0 Å². The summed E-state index contributed by atoms with van der Waals surface area (Å²) in [4.78, 5) is 0.229. The molecule has 16 heavy (non-hydrogen) atoms. The van der Waals surface area contributed by atoms with E-state index >= 15 is 0 Å². The van der Waals surface area contributed by atoms with Gasteiger partial charge in [-0.3, -0.25) is 0 Å². The van der Waals surface area contributed by atoms with Gasteiger partial charge in [-0.05, 0) is 40.5 Å². The minimum absolute atomic E-state index is 0.169. The molecule has 3 nitrogen and oxygen atoms in total. The van der Waals surface area contributed by atoms with Crippen molar-refractivity contribution in [2.24, 2.45) is 0 Å². The number of rotatable bonds is 4. The van der Waals surface area contributed by atoms with Crippen molar-refractivity contribution in [2.75, 3.05) is 6.54 Å². The van der Waals surface area contributed by atoms with Crippen molar-refractivity contribution >= 4 is 41.9 Å². The molecule has 0 unspecified atom stereocenters. The molecule has 0 aliphatic heterocycles. The van der Waals surface area contributed by atoms with Gasteiger partial charge in [0.15, 0.2) is 0 Å². The minimum atomic E-state index is -3.49. The molecule has 0 bridgehead atoms. The first-order valence-electron chi connectivity index (χ1n) is 4.42. The molecular weight excluding hydrogens is 358 g/mol. The molecule has 0 spiro atoms. The van der Waals surface area contributed by atoms with Crippen molar-refractivity contribution in [2.45, 2.75) is 11.8 Å². The number of aryl methyl sites for hydroxylation is 1. The van der Waals surface area contributed by atoms with Crippen LogP contribution in [0.3, 0.4) is 0 Å². The van der Waals surface area contributed by atoms with Crippen LogP contribution in [-0.2, 0) is 10.0 Å². The number of sulfonamides is 1. The van der Waals surface area contributed by atoms with E-state index in [-0.39, 0.29) is 11.4 Å². The molecule has 1 rings (SSSR count). The van der Waals surface area contributed by atoms with Crippen LogP contribution in [0.15, 0.2) is 38.6 Å². The van der Waals surface area contributed by atoms with Gasteiger partial charge in [0.1, 0.15) is 0 Å².